The Kier molecular flexibility index (Phi) is 6.95. The zero-order chi connectivity index (χ0) is 23.5. The number of anilines is 3. The molecule has 0 atom stereocenters. The van der Waals surface area contributed by atoms with Crippen molar-refractivity contribution in [3.8, 4) is 5.75 Å². The highest BCUT2D eigenvalue weighted by atomic mass is 35.5. The number of likely N-dealkylation sites (tertiary alicyclic amines) is 1. The number of carbonyl (C=O) groups is 2. The Balaban J connectivity index is 1.23. The summed E-state index contributed by atoms with van der Waals surface area (Å²) in [6, 6.07) is 6.53. The quantitative estimate of drug-likeness (QED) is 0.317. The third-order valence-electron chi connectivity index (χ3n) is 6.29. The summed E-state index contributed by atoms with van der Waals surface area (Å²) < 4.78 is 11.4. The van der Waals surface area contributed by atoms with Crippen LogP contribution in [-0.2, 0) is 11.2 Å². The molecule has 6 N–H and O–H groups in total. The first-order chi connectivity index (χ1) is 15.8. The fraction of sp³-hybridized carbons (Fsp3) is 0.417. The van der Waals surface area contributed by atoms with Crippen LogP contribution >= 0.6 is 11.6 Å². The smallest absolute Gasteiger partial charge is 0.342 e. The van der Waals surface area contributed by atoms with Gasteiger partial charge in [-0.1, -0.05) is 11.6 Å². The zero-order valence-corrected chi connectivity index (χ0v) is 19.2. The summed E-state index contributed by atoms with van der Waals surface area (Å²) in [6.45, 7) is 2.90. The van der Waals surface area contributed by atoms with Crippen LogP contribution in [0, 0.1) is 0 Å². The van der Waals surface area contributed by atoms with Gasteiger partial charge in [0.15, 0.2) is 5.78 Å². The number of carbonyl (C=O) groups excluding carboxylic acids is 2. The van der Waals surface area contributed by atoms with Crippen LogP contribution in [0.1, 0.15) is 52.0 Å². The zero-order valence-electron chi connectivity index (χ0n) is 18.4. The molecule has 9 heteroatoms. The van der Waals surface area contributed by atoms with E-state index in [1.165, 1.54) is 6.07 Å². The largest absolute Gasteiger partial charge is 0.492 e. The fourth-order valence-corrected chi connectivity index (χ4v) is 4.56. The van der Waals surface area contributed by atoms with Crippen molar-refractivity contribution >= 4 is 40.4 Å². The van der Waals surface area contributed by atoms with Crippen molar-refractivity contribution in [2.45, 2.75) is 38.2 Å². The van der Waals surface area contributed by atoms with Gasteiger partial charge in [0.1, 0.15) is 17.4 Å². The summed E-state index contributed by atoms with van der Waals surface area (Å²) in [4.78, 5) is 27.4. The molecule has 0 amide bonds. The number of ether oxygens (including phenoxy) is 2. The topological polar surface area (TPSA) is 134 Å². The normalized spacial score (nSPS) is 16.3. The SMILES string of the molecule is Nc1ccc(C(=O)CCCN2CCC(OC(=O)c3cc(Cl)c(N)c4c3OCC4)CC2)cc1N. The Morgan fingerprint density at radius 1 is 1.12 bits per heavy atom. The summed E-state index contributed by atoms with van der Waals surface area (Å²) in [6.07, 6.45) is 3.14. The summed E-state index contributed by atoms with van der Waals surface area (Å²) >= 11 is 6.20. The lowest BCUT2D eigenvalue weighted by Crippen LogP contribution is -2.38. The van der Waals surface area contributed by atoms with Crippen LogP contribution < -0.4 is 21.9 Å². The first-order valence-electron chi connectivity index (χ1n) is 11.2. The maximum absolute atomic E-state index is 12.8. The van der Waals surface area contributed by atoms with Gasteiger partial charge in [-0.25, -0.2) is 4.79 Å². The molecule has 0 bridgehead atoms. The first kappa shape index (κ1) is 23.2. The lowest BCUT2D eigenvalue weighted by molar-refractivity contribution is 0.0109. The van der Waals surface area contributed by atoms with Gasteiger partial charge in [-0.3, -0.25) is 4.79 Å². The summed E-state index contributed by atoms with van der Waals surface area (Å²) in [7, 11) is 0. The Hall–Kier alpha value is -2.97. The second-order valence-corrected chi connectivity index (χ2v) is 8.95. The van der Waals surface area contributed by atoms with Gasteiger partial charge in [0.25, 0.3) is 0 Å². The number of nitrogen functional groups attached to an aromatic ring is 3. The van der Waals surface area contributed by atoms with Gasteiger partial charge in [0.05, 0.1) is 28.7 Å². The second kappa shape index (κ2) is 9.89. The standard InChI is InChI=1S/C24H29ClN4O4/c25-18-13-17(23-16(22(18)28)7-11-32-23)24(31)33-15-5-9-29(10-6-15)8-1-2-21(30)14-3-4-19(26)20(27)12-14/h3-4,12-13,15H,1-2,5-11,26-28H2. The van der Waals surface area contributed by atoms with E-state index in [4.69, 9.17) is 38.3 Å². The molecule has 33 heavy (non-hydrogen) atoms. The number of nitrogens with two attached hydrogens (primary N) is 3. The van der Waals surface area contributed by atoms with Crippen LogP contribution in [0.25, 0.3) is 0 Å². The monoisotopic (exact) mass is 472 g/mol. The van der Waals surface area contributed by atoms with Crippen LogP contribution in [0.3, 0.4) is 0 Å². The van der Waals surface area contributed by atoms with Gasteiger partial charge in [0.2, 0.25) is 0 Å². The molecule has 1 fully saturated rings. The van der Waals surface area contributed by atoms with E-state index >= 15 is 0 Å². The minimum absolute atomic E-state index is 0.0578. The van der Waals surface area contributed by atoms with E-state index in [2.05, 4.69) is 4.90 Å². The molecular weight excluding hydrogens is 444 g/mol. The Bertz CT molecular complexity index is 1070. The van der Waals surface area contributed by atoms with Crippen molar-refractivity contribution in [1.29, 1.82) is 0 Å². The molecule has 2 aromatic rings. The molecule has 176 valence electrons. The Labute approximate surface area is 197 Å². The Morgan fingerprint density at radius 2 is 1.88 bits per heavy atom. The number of benzene rings is 2. The van der Waals surface area contributed by atoms with Crippen LogP contribution in [0.4, 0.5) is 17.1 Å². The van der Waals surface area contributed by atoms with Crippen molar-refractivity contribution in [1.82, 2.24) is 4.90 Å². The van der Waals surface area contributed by atoms with Gasteiger partial charge < -0.3 is 31.6 Å². The van der Waals surface area contributed by atoms with Gasteiger partial charge in [-0.05, 0) is 50.1 Å². The third kappa shape index (κ3) is 5.17. The molecule has 2 heterocycles. The number of piperidine rings is 1. The molecule has 4 rings (SSSR count). The molecule has 0 spiro atoms. The molecule has 8 nitrogen and oxygen atoms in total. The first-order valence-corrected chi connectivity index (χ1v) is 11.6. The van der Waals surface area contributed by atoms with Crippen molar-refractivity contribution in [3.63, 3.8) is 0 Å². The minimum atomic E-state index is -0.429. The molecule has 2 aliphatic rings. The average Bonchev–Trinajstić information content (AvgIpc) is 3.29. The number of hydrogen-bond acceptors (Lipinski definition) is 8. The van der Waals surface area contributed by atoms with Crippen LogP contribution in [-0.4, -0.2) is 49.0 Å². The lowest BCUT2D eigenvalue weighted by atomic mass is 10.0. The molecular formula is C24H29ClN4O4. The molecule has 0 radical (unpaired) electrons. The summed E-state index contributed by atoms with van der Waals surface area (Å²) in [5.74, 6) is 0.121. The fourth-order valence-electron chi connectivity index (χ4n) is 4.34. The number of esters is 1. The summed E-state index contributed by atoms with van der Waals surface area (Å²) in [5.41, 5.74) is 20.6. The van der Waals surface area contributed by atoms with Crippen molar-refractivity contribution in [3.05, 3.63) is 46.0 Å². The van der Waals surface area contributed by atoms with E-state index in [0.29, 0.717) is 58.4 Å². The number of ketones is 1. The van der Waals surface area contributed by atoms with Gasteiger partial charge >= 0.3 is 5.97 Å². The highest BCUT2D eigenvalue weighted by Crippen LogP contribution is 2.39. The van der Waals surface area contributed by atoms with Crippen molar-refractivity contribution in [2.75, 3.05) is 43.4 Å². The second-order valence-electron chi connectivity index (χ2n) is 8.54. The van der Waals surface area contributed by atoms with Crippen LogP contribution in [0.2, 0.25) is 5.02 Å². The van der Waals surface area contributed by atoms with E-state index in [1.807, 2.05) is 0 Å². The van der Waals surface area contributed by atoms with Crippen molar-refractivity contribution < 1.29 is 19.1 Å². The predicted octanol–water partition coefficient (Wildman–Crippen LogP) is 3.31. The lowest BCUT2D eigenvalue weighted by Gasteiger charge is -2.31. The predicted molar refractivity (Wildman–Crippen MR) is 129 cm³/mol. The molecule has 2 aromatic carbocycles. The van der Waals surface area contributed by atoms with Gasteiger partial charge in [-0.15, -0.1) is 0 Å². The Morgan fingerprint density at radius 3 is 2.61 bits per heavy atom. The van der Waals surface area contributed by atoms with Gasteiger partial charge in [0, 0.05) is 37.1 Å². The maximum Gasteiger partial charge on any atom is 0.342 e. The highest BCUT2D eigenvalue weighted by molar-refractivity contribution is 6.33. The minimum Gasteiger partial charge on any atom is -0.492 e. The molecule has 0 aliphatic carbocycles. The highest BCUT2D eigenvalue weighted by Gasteiger charge is 2.29. The maximum atomic E-state index is 12.8. The van der Waals surface area contributed by atoms with E-state index < -0.39 is 5.97 Å². The van der Waals surface area contributed by atoms with E-state index in [-0.39, 0.29) is 11.9 Å². The number of fused-ring (bicyclic) bond motifs is 1. The number of halogens is 1. The van der Waals surface area contributed by atoms with E-state index in [1.54, 1.807) is 18.2 Å². The summed E-state index contributed by atoms with van der Waals surface area (Å²) in [5, 5.41) is 0.345. The number of Topliss-reactive ketones (excluding diaryl/α,β-unsaturated/α-hetero) is 1. The average molecular weight is 473 g/mol. The van der Waals surface area contributed by atoms with Crippen molar-refractivity contribution in [2.24, 2.45) is 0 Å². The molecule has 1 saturated heterocycles. The molecule has 2 aliphatic heterocycles. The number of nitrogens with zero attached hydrogens (tertiary/aromatic N) is 1. The molecule has 0 unspecified atom stereocenters. The van der Waals surface area contributed by atoms with Crippen LogP contribution in [0.15, 0.2) is 24.3 Å². The van der Waals surface area contributed by atoms with E-state index in [0.717, 1.165) is 44.5 Å². The van der Waals surface area contributed by atoms with Crippen LogP contribution in [0.5, 0.6) is 5.75 Å². The third-order valence-corrected chi connectivity index (χ3v) is 6.60. The number of rotatable bonds is 7. The molecule has 0 saturated carbocycles. The molecule has 0 aromatic heterocycles. The van der Waals surface area contributed by atoms with Gasteiger partial charge in [-0.2, -0.15) is 0 Å². The van der Waals surface area contributed by atoms with E-state index in [9.17, 15) is 9.59 Å². The number of hydrogen-bond donors (Lipinski definition) is 3.